The summed E-state index contributed by atoms with van der Waals surface area (Å²) in [6.45, 7) is 6.18. The van der Waals surface area contributed by atoms with Gasteiger partial charge in [0.15, 0.2) is 11.6 Å². The predicted molar refractivity (Wildman–Crippen MR) is 237 cm³/mol. The van der Waals surface area contributed by atoms with E-state index in [0.29, 0.717) is 61.3 Å². The van der Waals surface area contributed by atoms with Gasteiger partial charge in [-0.15, -0.1) is 0 Å². The summed E-state index contributed by atoms with van der Waals surface area (Å²) < 4.78 is 59.3. The number of aromatic nitrogens is 2. The molecule has 0 saturated carbocycles. The van der Waals surface area contributed by atoms with E-state index in [-0.39, 0.29) is 53.4 Å². The van der Waals surface area contributed by atoms with Crippen molar-refractivity contribution in [3.05, 3.63) is 131 Å². The maximum atomic E-state index is 15.4. The second-order valence-electron chi connectivity index (χ2n) is 16.6. The standard InChI is InChI=1S/C47H48F4N10O4/c1-28-27-59(22-23-61(28)41-25-38(49)36(24-39(41)50)34-14-15-42(62)56-45(34)64)19-16-29-17-20-60(21-18-29)58-44(63)30-6-8-33(9-7-30)55-47-52-26-40(51)43(57-47)53-31-10-12-32(13-11-31)54-46(65)35-4-2-3-5-37(35)48/h2-13,24-26,28-29,34H,14-23,27H2,1H3,(H,54,65)(H,58,63)(H,56,62,64)(H2,52,53,55,57)/t28-,34?/m0/s1. The Hall–Kier alpha value is -6.92. The first-order valence-electron chi connectivity index (χ1n) is 21.6. The van der Waals surface area contributed by atoms with E-state index in [0.717, 1.165) is 38.1 Å². The average Bonchev–Trinajstić information content (AvgIpc) is 3.29. The van der Waals surface area contributed by atoms with Gasteiger partial charge in [-0.2, -0.15) is 4.98 Å². The summed E-state index contributed by atoms with van der Waals surface area (Å²) in [6, 6.07) is 21.0. The Morgan fingerprint density at radius 2 is 1.48 bits per heavy atom. The molecule has 8 rings (SSSR count). The number of nitrogens with zero attached hydrogens (tertiary/aromatic N) is 5. The number of anilines is 6. The maximum Gasteiger partial charge on any atom is 0.265 e. The van der Waals surface area contributed by atoms with Crippen molar-refractivity contribution in [2.45, 2.75) is 51.0 Å². The second-order valence-corrected chi connectivity index (χ2v) is 16.6. The number of imide groups is 1. The highest BCUT2D eigenvalue weighted by atomic mass is 19.1. The van der Waals surface area contributed by atoms with Crippen molar-refractivity contribution >= 4 is 58.1 Å². The molecular weight excluding hydrogens is 845 g/mol. The molecule has 3 saturated heterocycles. The summed E-state index contributed by atoms with van der Waals surface area (Å²) in [7, 11) is 0. The molecular formula is C47H48F4N10O4. The maximum absolute atomic E-state index is 15.4. The molecule has 5 aromatic rings. The summed E-state index contributed by atoms with van der Waals surface area (Å²) >= 11 is 0. The van der Waals surface area contributed by atoms with Gasteiger partial charge in [0.05, 0.1) is 23.4 Å². The molecule has 3 fully saturated rings. The fraction of sp³-hybridized carbons (Fsp3) is 0.319. The van der Waals surface area contributed by atoms with Crippen LogP contribution in [0.25, 0.3) is 0 Å². The summed E-state index contributed by atoms with van der Waals surface area (Å²) in [5.41, 5.74) is 4.99. The molecule has 3 aliphatic heterocycles. The van der Waals surface area contributed by atoms with Gasteiger partial charge in [-0.3, -0.25) is 34.8 Å². The van der Waals surface area contributed by atoms with Gasteiger partial charge in [0.25, 0.3) is 11.8 Å². The first-order valence-corrected chi connectivity index (χ1v) is 21.6. The van der Waals surface area contributed by atoms with Crippen LogP contribution >= 0.6 is 0 Å². The van der Waals surface area contributed by atoms with Crippen molar-refractivity contribution < 1.29 is 36.7 Å². The highest BCUT2D eigenvalue weighted by Crippen LogP contribution is 2.33. The zero-order valence-corrected chi connectivity index (χ0v) is 35.6. The molecule has 1 unspecified atom stereocenters. The highest BCUT2D eigenvalue weighted by Gasteiger charge is 2.33. The quantitative estimate of drug-likeness (QED) is 0.0598. The smallest absolute Gasteiger partial charge is 0.265 e. The lowest BCUT2D eigenvalue weighted by molar-refractivity contribution is -0.134. The van der Waals surface area contributed by atoms with E-state index in [2.05, 4.69) is 41.6 Å². The Kier molecular flexibility index (Phi) is 13.6. The third-order valence-corrected chi connectivity index (χ3v) is 12.1. The molecule has 18 heteroatoms. The van der Waals surface area contributed by atoms with Gasteiger partial charge in [-0.05, 0) is 112 Å². The van der Waals surface area contributed by atoms with Crippen molar-refractivity contribution in [1.82, 2.24) is 30.6 Å². The van der Waals surface area contributed by atoms with Gasteiger partial charge in [0, 0.05) is 79.4 Å². The Balaban J connectivity index is 0.756. The molecule has 2 atom stereocenters. The van der Waals surface area contributed by atoms with Crippen molar-refractivity contribution in [2.24, 2.45) is 5.92 Å². The number of nitrogens with one attached hydrogen (secondary N) is 5. The fourth-order valence-corrected chi connectivity index (χ4v) is 8.50. The molecule has 65 heavy (non-hydrogen) atoms. The summed E-state index contributed by atoms with van der Waals surface area (Å²) in [5.74, 6) is -4.83. The third-order valence-electron chi connectivity index (χ3n) is 12.1. The summed E-state index contributed by atoms with van der Waals surface area (Å²) in [5, 5.41) is 12.7. The minimum Gasteiger partial charge on any atom is -0.364 e. The summed E-state index contributed by atoms with van der Waals surface area (Å²) in [6.07, 6.45) is 4.06. The monoisotopic (exact) mass is 892 g/mol. The van der Waals surface area contributed by atoms with Crippen LogP contribution in [0.2, 0.25) is 0 Å². The van der Waals surface area contributed by atoms with Gasteiger partial charge in [-0.25, -0.2) is 27.6 Å². The molecule has 1 aromatic heterocycles. The molecule has 0 bridgehead atoms. The normalized spacial score (nSPS) is 18.5. The van der Waals surface area contributed by atoms with E-state index in [9.17, 15) is 28.0 Å². The minimum absolute atomic E-state index is 0.0289. The number of halogens is 4. The van der Waals surface area contributed by atoms with Gasteiger partial charge in [0.2, 0.25) is 17.8 Å². The summed E-state index contributed by atoms with van der Waals surface area (Å²) in [4.78, 5) is 61.9. The molecule has 0 spiro atoms. The van der Waals surface area contributed by atoms with Crippen LogP contribution in [0.1, 0.15) is 71.2 Å². The molecule has 14 nitrogen and oxygen atoms in total. The molecule has 3 aliphatic rings. The van der Waals surface area contributed by atoms with Crippen LogP contribution in [-0.2, 0) is 9.59 Å². The van der Waals surface area contributed by atoms with Crippen LogP contribution < -0.4 is 31.6 Å². The number of piperidine rings is 2. The van der Waals surface area contributed by atoms with Gasteiger partial charge in [-0.1, -0.05) is 12.1 Å². The highest BCUT2D eigenvalue weighted by molar-refractivity contribution is 6.04. The number of hydrazine groups is 1. The largest absolute Gasteiger partial charge is 0.364 e. The Morgan fingerprint density at radius 1 is 0.769 bits per heavy atom. The number of benzene rings is 4. The van der Waals surface area contributed by atoms with Crippen LogP contribution in [-0.4, -0.2) is 88.8 Å². The lowest BCUT2D eigenvalue weighted by atomic mass is 9.89. The zero-order valence-electron chi connectivity index (χ0n) is 35.6. The van der Waals surface area contributed by atoms with Gasteiger partial charge in [0.1, 0.15) is 17.5 Å². The first-order chi connectivity index (χ1) is 31.4. The van der Waals surface area contributed by atoms with Crippen molar-refractivity contribution in [1.29, 1.82) is 0 Å². The number of hydrogen-bond donors (Lipinski definition) is 5. The van der Waals surface area contributed by atoms with Crippen molar-refractivity contribution in [3.63, 3.8) is 0 Å². The molecule has 338 valence electrons. The first kappa shape index (κ1) is 44.7. The van der Waals surface area contributed by atoms with Crippen LogP contribution in [0.3, 0.4) is 0 Å². The SMILES string of the molecule is C[C@H]1CN(CCC2CCN(NC(=O)c3ccc(Nc4ncc(F)c(Nc5ccc(NC(=O)c6ccccc6F)cc5)n4)cc3)CC2)CCN1c1cc(F)c(C2CCC(=O)NC2=O)cc1F. The number of hydrogen-bond acceptors (Lipinski definition) is 11. The van der Waals surface area contributed by atoms with Gasteiger partial charge >= 0.3 is 0 Å². The lowest BCUT2D eigenvalue weighted by Gasteiger charge is -2.42. The lowest BCUT2D eigenvalue weighted by Crippen LogP contribution is -2.53. The van der Waals surface area contributed by atoms with E-state index in [4.69, 9.17) is 0 Å². The number of piperazine rings is 1. The Bertz CT molecular complexity index is 2560. The van der Waals surface area contributed by atoms with E-state index in [1.54, 1.807) is 54.6 Å². The Morgan fingerprint density at radius 3 is 2.20 bits per heavy atom. The number of carbonyl (C=O) groups excluding carboxylic acids is 4. The van der Waals surface area contributed by atoms with Crippen molar-refractivity contribution in [3.8, 4) is 0 Å². The van der Waals surface area contributed by atoms with E-state index >= 15 is 8.78 Å². The van der Waals surface area contributed by atoms with E-state index in [1.807, 2.05) is 16.8 Å². The van der Waals surface area contributed by atoms with Gasteiger partial charge < -0.3 is 20.9 Å². The van der Waals surface area contributed by atoms with E-state index in [1.165, 1.54) is 24.3 Å². The van der Waals surface area contributed by atoms with Crippen molar-refractivity contribution in [2.75, 3.05) is 60.1 Å². The fourth-order valence-electron chi connectivity index (χ4n) is 8.50. The average molecular weight is 893 g/mol. The third kappa shape index (κ3) is 10.9. The molecule has 0 radical (unpaired) electrons. The zero-order chi connectivity index (χ0) is 45.6. The van der Waals surface area contributed by atoms with Crippen LogP contribution in [0.4, 0.5) is 52.1 Å². The van der Waals surface area contributed by atoms with Crippen LogP contribution in [0.15, 0.2) is 91.1 Å². The minimum atomic E-state index is -0.899. The van der Waals surface area contributed by atoms with E-state index < -0.39 is 46.9 Å². The number of amides is 4. The predicted octanol–water partition coefficient (Wildman–Crippen LogP) is 7.25. The molecule has 4 heterocycles. The molecule has 0 aliphatic carbocycles. The molecule has 4 aromatic carbocycles. The molecule has 4 amide bonds. The second kappa shape index (κ2) is 19.9. The number of rotatable bonds is 13. The molecule has 5 N–H and O–H groups in total. The van der Waals surface area contributed by atoms with Crippen LogP contribution in [0, 0.1) is 29.2 Å². The Labute approximate surface area is 372 Å². The number of carbonyl (C=O) groups is 4. The topological polar surface area (TPSA) is 164 Å². The van der Waals surface area contributed by atoms with Crippen LogP contribution in [0.5, 0.6) is 0 Å².